The van der Waals surface area contributed by atoms with Crippen molar-refractivity contribution < 1.29 is 9.53 Å². The van der Waals surface area contributed by atoms with E-state index >= 15 is 0 Å². The largest absolute Gasteiger partial charge is 0.437 e. The van der Waals surface area contributed by atoms with E-state index in [9.17, 15) is 4.79 Å². The number of hydrogen-bond donors (Lipinski definition) is 2. The van der Waals surface area contributed by atoms with Crippen molar-refractivity contribution in [3.8, 4) is 11.6 Å². The molecule has 4 rings (SSSR count). The van der Waals surface area contributed by atoms with Gasteiger partial charge in [0.05, 0.1) is 5.52 Å². The molecule has 2 N–H and O–H groups in total. The molecule has 2 aromatic carbocycles. The fourth-order valence-corrected chi connectivity index (χ4v) is 3.87. The monoisotopic (exact) mass is 471 g/mol. The Labute approximate surface area is 202 Å². The molecule has 2 heterocycles. The van der Waals surface area contributed by atoms with Crippen molar-refractivity contribution in [1.82, 2.24) is 14.9 Å². The molecule has 8 heteroatoms. The van der Waals surface area contributed by atoms with Crippen LogP contribution in [-0.4, -0.2) is 41.4 Å². The molecule has 2 aromatic heterocycles. The zero-order valence-corrected chi connectivity index (χ0v) is 19.8. The normalized spacial score (nSPS) is 11.1. The van der Waals surface area contributed by atoms with E-state index in [0.717, 1.165) is 28.0 Å². The maximum Gasteiger partial charge on any atom is 0.247 e. The lowest BCUT2D eigenvalue weighted by molar-refractivity contribution is -0.111. The Morgan fingerprint density at radius 3 is 2.71 bits per heavy atom. The van der Waals surface area contributed by atoms with Gasteiger partial charge in [-0.3, -0.25) is 4.79 Å². The van der Waals surface area contributed by atoms with Crippen molar-refractivity contribution in [2.75, 3.05) is 31.3 Å². The standard InChI is InChI=1S/C26H25N5O2S/c1-4-23(32)27-20-8-5-9-21(17-20)33-25-24-22(14-16-34-24)29-26(30-25)28-19-12-10-18(11-13-19)7-6-15-31(2)3/h4-14,16-17H,1,15H2,2-3H3,(H,27,32)(H,28,29,30)/b7-6+. The second kappa shape index (κ2) is 10.7. The van der Waals surface area contributed by atoms with Crippen LogP contribution in [0.5, 0.6) is 11.6 Å². The van der Waals surface area contributed by atoms with Gasteiger partial charge >= 0.3 is 0 Å². The van der Waals surface area contributed by atoms with Crippen molar-refractivity contribution >= 4 is 50.9 Å². The molecule has 0 bridgehead atoms. The number of ether oxygens (including phenoxy) is 1. The third-order valence-electron chi connectivity index (χ3n) is 4.72. The van der Waals surface area contributed by atoms with Crippen LogP contribution in [0.4, 0.5) is 17.3 Å². The molecule has 34 heavy (non-hydrogen) atoms. The lowest BCUT2D eigenvalue weighted by Crippen LogP contribution is -2.10. The van der Waals surface area contributed by atoms with Crippen LogP contribution in [0, 0.1) is 0 Å². The van der Waals surface area contributed by atoms with Gasteiger partial charge in [0.15, 0.2) is 0 Å². The van der Waals surface area contributed by atoms with Crippen molar-refractivity contribution in [1.29, 1.82) is 0 Å². The summed E-state index contributed by atoms with van der Waals surface area (Å²) in [6.45, 7) is 4.36. The van der Waals surface area contributed by atoms with Gasteiger partial charge in [0, 0.05) is 24.0 Å². The van der Waals surface area contributed by atoms with Gasteiger partial charge in [-0.15, -0.1) is 11.3 Å². The number of likely N-dealkylation sites (N-methyl/N-ethyl adjacent to an activating group) is 1. The first-order valence-corrected chi connectivity index (χ1v) is 11.5. The number of anilines is 3. The average molecular weight is 472 g/mol. The highest BCUT2D eigenvalue weighted by Gasteiger charge is 2.12. The number of hydrogen-bond acceptors (Lipinski definition) is 7. The third-order valence-corrected chi connectivity index (χ3v) is 5.61. The Morgan fingerprint density at radius 2 is 1.94 bits per heavy atom. The number of aromatic nitrogens is 2. The Morgan fingerprint density at radius 1 is 1.12 bits per heavy atom. The maximum absolute atomic E-state index is 11.6. The van der Waals surface area contributed by atoms with Crippen LogP contribution in [0.15, 0.2) is 78.7 Å². The van der Waals surface area contributed by atoms with E-state index in [0.29, 0.717) is 23.3 Å². The number of rotatable bonds is 9. The van der Waals surface area contributed by atoms with Crippen LogP contribution in [0.2, 0.25) is 0 Å². The first-order chi connectivity index (χ1) is 16.5. The smallest absolute Gasteiger partial charge is 0.247 e. The molecule has 0 spiro atoms. The van der Waals surface area contributed by atoms with Gasteiger partial charge in [-0.05, 0) is 61.4 Å². The zero-order chi connectivity index (χ0) is 23.9. The molecule has 0 aliphatic heterocycles. The lowest BCUT2D eigenvalue weighted by Gasteiger charge is -2.11. The quantitative estimate of drug-likeness (QED) is 0.295. The maximum atomic E-state index is 11.6. The number of amides is 1. The number of carbonyl (C=O) groups excluding carboxylic acids is 1. The number of benzene rings is 2. The number of nitrogens with zero attached hydrogens (tertiary/aromatic N) is 3. The highest BCUT2D eigenvalue weighted by Crippen LogP contribution is 2.33. The average Bonchev–Trinajstić information content (AvgIpc) is 3.29. The summed E-state index contributed by atoms with van der Waals surface area (Å²) in [5.41, 5.74) is 3.39. The van der Waals surface area contributed by atoms with Crippen LogP contribution in [-0.2, 0) is 4.79 Å². The van der Waals surface area contributed by atoms with Crippen molar-refractivity contribution in [3.63, 3.8) is 0 Å². The number of fused-ring (bicyclic) bond motifs is 1. The molecule has 0 saturated carbocycles. The Balaban J connectivity index is 1.54. The van der Waals surface area contributed by atoms with Gasteiger partial charge in [0.25, 0.3) is 0 Å². The molecule has 1 amide bonds. The summed E-state index contributed by atoms with van der Waals surface area (Å²) in [5, 5.41) is 7.94. The lowest BCUT2D eigenvalue weighted by atomic mass is 10.2. The molecule has 0 unspecified atom stereocenters. The van der Waals surface area contributed by atoms with Gasteiger partial charge in [0.1, 0.15) is 10.4 Å². The molecule has 0 atom stereocenters. The molecule has 0 fully saturated rings. The Bertz CT molecular complexity index is 1330. The van der Waals surface area contributed by atoms with E-state index in [-0.39, 0.29) is 5.91 Å². The van der Waals surface area contributed by atoms with Gasteiger partial charge in [0.2, 0.25) is 17.7 Å². The topological polar surface area (TPSA) is 79.4 Å². The molecule has 0 radical (unpaired) electrons. The molecule has 0 saturated heterocycles. The van der Waals surface area contributed by atoms with Gasteiger partial charge < -0.3 is 20.3 Å². The van der Waals surface area contributed by atoms with Crippen LogP contribution in [0.3, 0.4) is 0 Å². The summed E-state index contributed by atoms with van der Waals surface area (Å²) in [4.78, 5) is 22.9. The van der Waals surface area contributed by atoms with Crippen molar-refractivity contribution in [3.05, 3.63) is 84.3 Å². The van der Waals surface area contributed by atoms with E-state index < -0.39 is 0 Å². The third kappa shape index (κ3) is 6.06. The van der Waals surface area contributed by atoms with Crippen molar-refractivity contribution in [2.45, 2.75) is 0 Å². The molecular formula is C26H25N5O2S. The van der Waals surface area contributed by atoms with Gasteiger partial charge in [-0.1, -0.05) is 36.9 Å². The summed E-state index contributed by atoms with van der Waals surface area (Å²) >= 11 is 1.51. The summed E-state index contributed by atoms with van der Waals surface area (Å²) in [6.07, 6.45) is 5.43. The summed E-state index contributed by atoms with van der Waals surface area (Å²) < 4.78 is 6.94. The van der Waals surface area contributed by atoms with Crippen LogP contribution in [0.1, 0.15) is 5.56 Å². The minimum Gasteiger partial charge on any atom is -0.437 e. The van der Waals surface area contributed by atoms with Gasteiger partial charge in [-0.2, -0.15) is 4.98 Å². The molecule has 7 nitrogen and oxygen atoms in total. The first kappa shape index (κ1) is 23.2. The second-order valence-corrected chi connectivity index (χ2v) is 8.64. The van der Waals surface area contributed by atoms with Crippen LogP contribution < -0.4 is 15.4 Å². The molecular weight excluding hydrogens is 446 g/mol. The predicted octanol–water partition coefficient (Wildman–Crippen LogP) is 5.93. The van der Waals surface area contributed by atoms with Crippen molar-refractivity contribution in [2.24, 2.45) is 0 Å². The van der Waals surface area contributed by atoms with E-state index in [1.165, 1.54) is 17.4 Å². The minimum absolute atomic E-state index is 0.287. The molecule has 4 aromatic rings. The highest BCUT2D eigenvalue weighted by atomic mass is 32.1. The number of nitrogens with one attached hydrogen (secondary N) is 2. The molecule has 172 valence electrons. The zero-order valence-electron chi connectivity index (χ0n) is 19.0. The molecule has 0 aliphatic carbocycles. The van der Waals surface area contributed by atoms with Crippen LogP contribution >= 0.6 is 11.3 Å². The van der Waals surface area contributed by atoms with E-state index in [1.54, 1.807) is 24.3 Å². The van der Waals surface area contributed by atoms with E-state index in [2.05, 4.69) is 44.2 Å². The number of thiophene rings is 1. The molecule has 0 aliphatic rings. The predicted molar refractivity (Wildman–Crippen MR) is 140 cm³/mol. The summed E-state index contributed by atoms with van der Waals surface area (Å²) in [7, 11) is 4.08. The second-order valence-electron chi connectivity index (χ2n) is 7.72. The fourth-order valence-electron chi connectivity index (χ4n) is 3.11. The van der Waals surface area contributed by atoms with E-state index in [4.69, 9.17) is 4.74 Å². The van der Waals surface area contributed by atoms with Gasteiger partial charge in [-0.25, -0.2) is 4.98 Å². The fraction of sp³-hybridized carbons (Fsp3) is 0.115. The highest BCUT2D eigenvalue weighted by molar-refractivity contribution is 7.17. The van der Waals surface area contributed by atoms with E-state index in [1.807, 2.05) is 49.8 Å². The summed E-state index contributed by atoms with van der Waals surface area (Å²) in [6, 6.07) is 17.1. The Hall–Kier alpha value is -4.01. The minimum atomic E-state index is -0.287. The first-order valence-electron chi connectivity index (χ1n) is 10.6. The van der Waals surface area contributed by atoms with Crippen LogP contribution in [0.25, 0.3) is 16.3 Å². The SMILES string of the molecule is C=CC(=O)Nc1cccc(Oc2nc(Nc3ccc(/C=C/CN(C)C)cc3)nc3ccsc23)c1. The summed E-state index contributed by atoms with van der Waals surface area (Å²) in [5.74, 6) is 1.14. The number of carbonyl (C=O) groups is 1. The Kier molecular flexibility index (Phi) is 7.31.